The lowest BCUT2D eigenvalue weighted by Crippen LogP contribution is -2.33. The molecule has 5 nitrogen and oxygen atoms in total. The number of rotatable bonds is 4. The number of thiocarbonyl (C=S) groups is 1. The molecule has 24 heavy (non-hydrogen) atoms. The molecule has 0 bridgehead atoms. The van der Waals surface area contributed by atoms with Crippen molar-refractivity contribution in [3.05, 3.63) is 45.6 Å². The van der Waals surface area contributed by atoms with Crippen molar-refractivity contribution >= 4 is 51.8 Å². The average Bonchev–Trinajstić information content (AvgIpc) is 3.08. The van der Waals surface area contributed by atoms with Gasteiger partial charge in [-0.15, -0.1) is 0 Å². The van der Waals surface area contributed by atoms with Gasteiger partial charge in [0.15, 0.2) is 0 Å². The van der Waals surface area contributed by atoms with E-state index in [-0.39, 0.29) is 10.4 Å². The summed E-state index contributed by atoms with van der Waals surface area (Å²) in [6, 6.07) is 0. The molecule has 126 valence electrons. The number of halogens is 1. The highest BCUT2D eigenvalue weighted by atomic mass is 35.5. The van der Waals surface area contributed by atoms with E-state index in [2.05, 4.69) is 6.08 Å². The van der Waals surface area contributed by atoms with Crippen LogP contribution in [0, 0.1) is 0 Å². The second-order valence-corrected chi connectivity index (χ2v) is 7.61. The molecule has 1 atom stereocenters. The Balaban J connectivity index is 1.68. The van der Waals surface area contributed by atoms with Gasteiger partial charge in [0.05, 0.1) is 4.91 Å². The topological polar surface area (TPSA) is 66.8 Å². The van der Waals surface area contributed by atoms with Crippen LogP contribution in [0.5, 0.6) is 0 Å². The van der Waals surface area contributed by atoms with E-state index in [1.807, 2.05) is 12.2 Å². The van der Waals surface area contributed by atoms with E-state index in [4.69, 9.17) is 33.7 Å². The predicted molar refractivity (Wildman–Crippen MR) is 96.4 cm³/mol. The van der Waals surface area contributed by atoms with Crippen LogP contribution in [0.25, 0.3) is 0 Å². The summed E-state index contributed by atoms with van der Waals surface area (Å²) in [6.45, 7) is -0.430. The minimum atomic E-state index is -1.10. The van der Waals surface area contributed by atoms with Crippen LogP contribution in [0.4, 0.5) is 0 Å². The van der Waals surface area contributed by atoms with Crippen LogP contribution < -0.4 is 0 Å². The third-order valence-electron chi connectivity index (χ3n) is 3.71. The molecule has 2 heterocycles. The first-order valence-electron chi connectivity index (χ1n) is 7.34. The maximum absolute atomic E-state index is 12.2. The number of ether oxygens (including phenoxy) is 1. The lowest BCUT2D eigenvalue weighted by Gasteiger charge is -2.17. The Hall–Kier alpha value is -1.57. The zero-order valence-corrected chi connectivity index (χ0v) is 14.9. The smallest absolute Gasteiger partial charge is 0.323 e. The summed E-state index contributed by atoms with van der Waals surface area (Å²) in [4.78, 5) is 24.5. The Morgan fingerprint density at radius 1 is 1.54 bits per heavy atom. The molecule has 1 saturated heterocycles. The third-order valence-corrected chi connectivity index (χ3v) is 5.39. The molecular formula is C16H14ClNO4S2. The summed E-state index contributed by atoms with van der Waals surface area (Å²) in [6.07, 6.45) is 9.92. The van der Waals surface area contributed by atoms with E-state index in [1.54, 1.807) is 6.08 Å². The molecule has 0 radical (unpaired) electrons. The van der Waals surface area contributed by atoms with E-state index < -0.39 is 18.4 Å². The summed E-state index contributed by atoms with van der Waals surface area (Å²) in [5, 5.41) is 9.66. The highest BCUT2D eigenvalue weighted by Crippen LogP contribution is 2.35. The largest absolute Gasteiger partial charge is 0.486 e. The second kappa shape index (κ2) is 7.13. The van der Waals surface area contributed by atoms with Crippen LogP contribution in [0.2, 0.25) is 0 Å². The molecule has 1 N–H and O–H groups in total. The van der Waals surface area contributed by atoms with Gasteiger partial charge in [-0.3, -0.25) is 14.5 Å². The molecule has 3 rings (SSSR count). The standard InChI is InChI=1S/C16H14ClNO4S2/c17-10-3-1-2-9(6-10)12-5-4-11(22-12)7-13-15(21)18(8-14(19)20)16(23)24-13/h2,4,6-7,12H,1,3,5,8H2,(H,19,20)/b13-7-. The van der Waals surface area contributed by atoms with E-state index >= 15 is 0 Å². The summed E-state index contributed by atoms with van der Waals surface area (Å²) in [5.74, 6) is -0.913. The maximum Gasteiger partial charge on any atom is 0.323 e. The Morgan fingerprint density at radius 2 is 2.33 bits per heavy atom. The number of allylic oxidation sites excluding steroid dienone is 3. The van der Waals surface area contributed by atoms with Gasteiger partial charge in [-0.05, 0) is 36.6 Å². The van der Waals surface area contributed by atoms with Gasteiger partial charge in [-0.25, -0.2) is 0 Å². The molecular weight excluding hydrogens is 370 g/mol. The number of nitrogens with zero attached hydrogens (tertiary/aromatic N) is 1. The molecule has 0 aromatic heterocycles. The molecule has 1 amide bonds. The van der Waals surface area contributed by atoms with Gasteiger partial charge in [0.2, 0.25) is 0 Å². The summed E-state index contributed by atoms with van der Waals surface area (Å²) >= 11 is 12.2. The van der Waals surface area contributed by atoms with Gasteiger partial charge in [-0.2, -0.15) is 0 Å². The van der Waals surface area contributed by atoms with E-state index in [9.17, 15) is 9.59 Å². The summed E-state index contributed by atoms with van der Waals surface area (Å²) in [7, 11) is 0. The molecule has 1 unspecified atom stereocenters. The summed E-state index contributed by atoms with van der Waals surface area (Å²) < 4.78 is 6.12. The predicted octanol–water partition coefficient (Wildman–Crippen LogP) is 3.33. The van der Waals surface area contributed by atoms with Crippen molar-refractivity contribution in [1.82, 2.24) is 4.90 Å². The Morgan fingerprint density at radius 3 is 3.04 bits per heavy atom. The maximum atomic E-state index is 12.2. The number of thioether (sulfide) groups is 1. The highest BCUT2D eigenvalue weighted by molar-refractivity contribution is 8.26. The Bertz CT molecular complexity index is 738. The Kier molecular flexibility index (Phi) is 5.12. The fraction of sp³-hybridized carbons (Fsp3) is 0.312. The van der Waals surface area contributed by atoms with Crippen molar-refractivity contribution in [1.29, 1.82) is 0 Å². The lowest BCUT2D eigenvalue weighted by atomic mass is 10.0. The lowest BCUT2D eigenvalue weighted by molar-refractivity contribution is -0.140. The van der Waals surface area contributed by atoms with Crippen LogP contribution in [0.1, 0.15) is 19.3 Å². The average molecular weight is 384 g/mol. The normalized spacial score (nSPS) is 25.5. The first kappa shape index (κ1) is 17.3. The Labute approximate surface area is 153 Å². The molecule has 0 aromatic rings. The van der Waals surface area contributed by atoms with E-state index in [1.165, 1.54) is 0 Å². The zero-order valence-electron chi connectivity index (χ0n) is 12.5. The zero-order chi connectivity index (χ0) is 17.3. The second-order valence-electron chi connectivity index (χ2n) is 5.44. The van der Waals surface area contributed by atoms with Gasteiger partial charge in [0.25, 0.3) is 5.91 Å². The molecule has 0 aromatic carbocycles. The molecule has 0 spiro atoms. The van der Waals surface area contributed by atoms with Crippen LogP contribution >= 0.6 is 35.6 Å². The fourth-order valence-corrected chi connectivity index (χ4v) is 4.06. The van der Waals surface area contributed by atoms with Crippen molar-refractivity contribution in [3.8, 4) is 0 Å². The molecule has 2 aliphatic heterocycles. The molecule has 1 fully saturated rings. The monoisotopic (exact) mass is 383 g/mol. The first-order valence-corrected chi connectivity index (χ1v) is 8.94. The SMILES string of the molecule is O=C(O)CN1C(=O)/C(=C/C2=CCC(C3=CCCC(Cl)=C3)O2)SC1=S. The van der Waals surface area contributed by atoms with Gasteiger partial charge < -0.3 is 9.84 Å². The molecule has 8 heteroatoms. The van der Waals surface area contributed by atoms with Gasteiger partial charge in [-0.1, -0.05) is 41.7 Å². The van der Waals surface area contributed by atoms with Crippen LogP contribution in [-0.4, -0.2) is 38.9 Å². The van der Waals surface area contributed by atoms with Crippen LogP contribution in [0.3, 0.4) is 0 Å². The third kappa shape index (κ3) is 3.74. The van der Waals surface area contributed by atoms with E-state index in [0.717, 1.165) is 40.1 Å². The number of amides is 1. The number of aliphatic carboxylic acids is 1. The fourth-order valence-electron chi connectivity index (χ4n) is 2.59. The van der Waals surface area contributed by atoms with Crippen LogP contribution in [0.15, 0.2) is 45.6 Å². The summed E-state index contributed by atoms with van der Waals surface area (Å²) in [5.41, 5.74) is 1.05. The number of carboxylic acid groups (broad SMARTS) is 1. The van der Waals surface area contributed by atoms with Crippen LogP contribution in [-0.2, 0) is 14.3 Å². The molecule has 1 aliphatic carbocycles. The van der Waals surface area contributed by atoms with Crippen molar-refractivity contribution < 1.29 is 19.4 Å². The number of hydrogen-bond acceptors (Lipinski definition) is 5. The van der Waals surface area contributed by atoms with E-state index in [0.29, 0.717) is 17.1 Å². The minimum Gasteiger partial charge on any atom is -0.486 e. The highest BCUT2D eigenvalue weighted by Gasteiger charge is 2.34. The number of carbonyl (C=O) groups excluding carboxylic acids is 1. The van der Waals surface area contributed by atoms with Crippen molar-refractivity contribution in [2.45, 2.75) is 25.4 Å². The quantitative estimate of drug-likeness (QED) is 0.593. The molecule has 0 saturated carbocycles. The number of carbonyl (C=O) groups is 2. The van der Waals surface area contributed by atoms with Crippen molar-refractivity contribution in [2.24, 2.45) is 0 Å². The van der Waals surface area contributed by atoms with Gasteiger partial charge in [0.1, 0.15) is 22.7 Å². The minimum absolute atomic E-state index is 0.102. The van der Waals surface area contributed by atoms with Gasteiger partial charge in [0, 0.05) is 11.5 Å². The van der Waals surface area contributed by atoms with Gasteiger partial charge >= 0.3 is 5.97 Å². The number of carboxylic acids is 1. The van der Waals surface area contributed by atoms with Crippen molar-refractivity contribution in [3.63, 3.8) is 0 Å². The molecule has 3 aliphatic rings. The number of hydrogen-bond donors (Lipinski definition) is 1. The van der Waals surface area contributed by atoms with Crippen molar-refractivity contribution in [2.75, 3.05) is 6.54 Å². The first-order chi connectivity index (χ1) is 11.4.